The van der Waals surface area contributed by atoms with Gasteiger partial charge in [-0.2, -0.15) is 5.26 Å². The number of nitriles is 1. The number of fused-ring (bicyclic) bond motifs is 2. The Morgan fingerprint density at radius 3 is 2.71 bits per heavy atom. The van der Waals surface area contributed by atoms with Gasteiger partial charge in [0, 0.05) is 53.0 Å². The van der Waals surface area contributed by atoms with Gasteiger partial charge in [0.25, 0.3) is 0 Å². The van der Waals surface area contributed by atoms with Crippen LogP contribution in [0.4, 0.5) is 13.8 Å². The normalized spacial score (nSPS) is 24.1. The molecule has 3 atom stereocenters. The van der Waals surface area contributed by atoms with Crippen LogP contribution >= 0.6 is 11.3 Å². The topological polar surface area (TPSA) is 107 Å². The van der Waals surface area contributed by atoms with Crippen molar-refractivity contribution in [2.45, 2.75) is 59.5 Å². The molecule has 4 N–H and O–H groups in total. The summed E-state index contributed by atoms with van der Waals surface area (Å²) >= 11 is 0.995. The van der Waals surface area contributed by atoms with Gasteiger partial charge >= 0.3 is 0 Å². The van der Waals surface area contributed by atoms with E-state index in [0.717, 1.165) is 28.3 Å². The minimum Gasteiger partial charge on any atom is -0.391 e. The van der Waals surface area contributed by atoms with Crippen molar-refractivity contribution in [3.05, 3.63) is 55.1 Å². The van der Waals surface area contributed by atoms with Crippen LogP contribution in [0.15, 0.2) is 11.2 Å². The fraction of sp³-hybridized carbons (Fsp3) is 0.429. The minimum absolute atomic E-state index is 0.150. The van der Waals surface area contributed by atoms with Crippen molar-refractivity contribution in [2.75, 3.05) is 18.8 Å². The van der Waals surface area contributed by atoms with Gasteiger partial charge in [-0.3, -0.25) is 0 Å². The number of nitrogens with zero attached hydrogens (tertiary/aromatic N) is 3. The summed E-state index contributed by atoms with van der Waals surface area (Å²) in [6, 6.07) is 1.29. The van der Waals surface area contributed by atoms with Gasteiger partial charge in [-0.1, -0.05) is 19.4 Å². The molecule has 4 heterocycles. The predicted octanol–water partition coefficient (Wildman–Crippen LogP) is 3.38. The number of aliphatic hydroxyl groups excluding tert-OH is 1. The summed E-state index contributed by atoms with van der Waals surface area (Å²) < 4.78 is 37.3. The number of benzene rings is 1. The number of nitrogens with two attached hydrogens (primary N) is 1. The molecular weight excluding hydrogens is 508 g/mol. The van der Waals surface area contributed by atoms with Crippen molar-refractivity contribution in [2.24, 2.45) is 10.9 Å². The number of ether oxygens (including phenoxy) is 1. The van der Waals surface area contributed by atoms with Crippen molar-refractivity contribution in [1.82, 2.24) is 10.2 Å². The van der Waals surface area contributed by atoms with Crippen molar-refractivity contribution in [3.63, 3.8) is 0 Å². The molecule has 1 aromatic heterocycles. The third-order valence-corrected chi connectivity index (χ3v) is 8.90. The highest BCUT2D eigenvalue weighted by Crippen LogP contribution is 2.45. The highest BCUT2D eigenvalue weighted by molar-refractivity contribution is 7.17. The summed E-state index contributed by atoms with van der Waals surface area (Å²) in [6.45, 7) is 9.43. The maximum atomic E-state index is 16.7. The largest absolute Gasteiger partial charge is 0.391 e. The van der Waals surface area contributed by atoms with Crippen LogP contribution in [-0.4, -0.2) is 35.0 Å². The van der Waals surface area contributed by atoms with Crippen LogP contribution in [0.25, 0.3) is 17.6 Å². The number of anilines is 1. The van der Waals surface area contributed by atoms with Crippen LogP contribution in [-0.2, 0) is 18.0 Å². The molecule has 0 amide bonds. The standard InChI is InChI=1S/C28H31F2N5O2S/c1-5-13(2)22-17(7-33-15(4)35-9-14(3)21(36)10-35)18-11-37-12-19(18)23(25(22)30)26-24-16(6-31)28(32)38-27(24)20(29)8-34-26/h7-8,14,21,26,34,36H,5,9-12,32H2,1-4H3/b17-7-,22-13?,33-15?. The molecule has 0 radical (unpaired) electrons. The summed E-state index contributed by atoms with van der Waals surface area (Å²) in [7, 11) is 0. The van der Waals surface area contributed by atoms with Crippen molar-refractivity contribution in [1.29, 1.82) is 5.26 Å². The Labute approximate surface area is 224 Å². The van der Waals surface area contributed by atoms with E-state index >= 15 is 4.39 Å². The van der Waals surface area contributed by atoms with E-state index in [9.17, 15) is 14.8 Å². The Kier molecular flexibility index (Phi) is 7.03. The summed E-state index contributed by atoms with van der Waals surface area (Å²) in [4.78, 5) is 6.97. The lowest BCUT2D eigenvalue weighted by molar-refractivity contribution is 0.133. The molecule has 38 heavy (non-hydrogen) atoms. The summed E-state index contributed by atoms with van der Waals surface area (Å²) in [5.74, 6) is -0.0737. The number of amidine groups is 1. The van der Waals surface area contributed by atoms with Gasteiger partial charge in [0.1, 0.15) is 22.7 Å². The highest BCUT2D eigenvalue weighted by Gasteiger charge is 2.36. The van der Waals surface area contributed by atoms with Gasteiger partial charge < -0.3 is 25.8 Å². The van der Waals surface area contributed by atoms with E-state index < -0.39 is 23.8 Å². The zero-order chi connectivity index (χ0) is 27.3. The first-order valence-corrected chi connectivity index (χ1v) is 13.5. The second-order valence-electron chi connectivity index (χ2n) is 10.1. The third-order valence-electron chi connectivity index (χ3n) is 7.86. The summed E-state index contributed by atoms with van der Waals surface area (Å²) in [5, 5.41) is 24.2. The Balaban J connectivity index is 1.75. The molecule has 2 aromatic rings. The van der Waals surface area contributed by atoms with E-state index in [0.29, 0.717) is 46.6 Å². The van der Waals surface area contributed by atoms with E-state index in [1.807, 2.05) is 32.6 Å². The minimum atomic E-state index is -0.793. The molecule has 5 rings (SSSR count). The maximum Gasteiger partial charge on any atom is 0.156 e. The lowest BCUT2D eigenvalue weighted by Crippen LogP contribution is -2.38. The molecule has 200 valence electrons. The molecule has 1 aromatic carbocycles. The predicted molar refractivity (Wildman–Crippen MR) is 145 cm³/mol. The van der Waals surface area contributed by atoms with Crippen LogP contribution in [0.2, 0.25) is 0 Å². The van der Waals surface area contributed by atoms with Gasteiger partial charge in [-0.05, 0) is 31.4 Å². The Bertz CT molecular complexity index is 1530. The molecule has 0 aliphatic carbocycles. The van der Waals surface area contributed by atoms with E-state index in [2.05, 4.69) is 11.4 Å². The number of nitrogen functional groups attached to an aromatic ring is 1. The molecule has 0 saturated carbocycles. The number of nitrogens with one attached hydrogen (secondary N) is 1. The van der Waals surface area contributed by atoms with Crippen molar-refractivity contribution in [3.8, 4) is 6.07 Å². The van der Waals surface area contributed by atoms with Gasteiger partial charge in [-0.15, -0.1) is 11.3 Å². The van der Waals surface area contributed by atoms with Crippen molar-refractivity contribution >= 4 is 39.8 Å². The van der Waals surface area contributed by atoms with Crippen LogP contribution in [0.5, 0.6) is 0 Å². The average Bonchev–Trinajstić information content (AvgIpc) is 3.60. The molecule has 0 bridgehead atoms. The van der Waals surface area contributed by atoms with Crippen LogP contribution in [0, 0.1) is 23.1 Å². The number of β-amino-alcohol motifs (C(OH)–C–C–N with tert-alkyl or cyclic N) is 1. The number of rotatable bonds is 3. The van der Waals surface area contributed by atoms with Gasteiger partial charge in [0.2, 0.25) is 0 Å². The molecular formula is C28H31F2N5O2S. The van der Waals surface area contributed by atoms with Crippen LogP contribution in [0.1, 0.15) is 72.9 Å². The summed E-state index contributed by atoms with van der Waals surface area (Å²) in [5.41, 5.74) is 9.26. The van der Waals surface area contributed by atoms with Crippen LogP contribution < -0.4 is 21.5 Å². The second-order valence-corrected chi connectivity index (χ2v) is 11.2. The Morgan fingerprint density at radius 1 is 1.32 bits per heavy atom. The lowest BCUT2D eigenvalue weighted by Gasteiger charge is -2.26. The maximum absolute atomic E-state index is 16.7. The Hall–Kier alpha value is -3.26. The fourth-order valence-electron chi connectivity index (χ4n) is 5.50. The van der Waals surface area contributed by atoms with Gasteiger partial charge in [0.15, 0.2) is 5.83 Å². The zero-order valence-electron chi connectivity index (χ0n) is 21.9. The first kappa shape index (κ1) is 26.4. The molecule has 0 spiro atoms. The second kappa shape index (κ2) is 10.1. The van der Waals surface area contributed by atoms with E-state index in [1.165, 1.54) is 6.20 Å². The fourth-order valence-corrected chi connectivity index (χ4v) is 6.46. The number of hydrogen-bond donors (Lipinski definition) is 3. The quantitative estimate of drug-likeness (QED) is 0.408. The first-order valence-electron chi connectivity index (χ1n) is 12.7. The highest BCUT2D eigenvalue weighted by atomic mass is 32.1. The number of hydrogen-bond acceptors (Lipinski definition) is 7. The monoisotopic (exact) mass is 539 g/mol. The number of thiophene rings is 1. The molecule has 3 aliphatic heterocycles. The SMILES string of the molecule is CCC(C)=c1c(F)c(C2NC=C(F)c3sc(N)c(C#N)c32)c2c(/c1=C/N=C(C)N1CC(C)C(O)C1)COC2. The first-order chi connectivity index (χ1) is 18.2. The average molecular weight is 540 g/mol. The Morgan fingerprint density at radius 2 is 2.05 bits per heavy atom. The summed E-state index contributed by atoms with van der Waals surface area (Å²) in [6.07, 6.45) is 3.11. The molecule has 7 nitrogen and oxygen atoms in total. The number of likely N-dealkylation sites (tertiary alicyclic amines) is 1. The zero-order valence-corrected chi connectivity index (χ0v) is 22.7. The van der Waals surface area contributed by atoms with Crippen LogP contribution in [0.3, 0.4) is 0 Å². The molecule has 1 saturated heterocycles. The lowest BCUT2D eigenvalue weighted by atomic mass is 9.86. The number of aliphatic hydroxyl groups is 1. The molecule has 10 heteroatoms. The van der Waals surface area contributed by atoms with E-state index in [1.54, 1.807) is 6.20 Å². The van der Waals surface area contributed by atoms with E-state index in [-0.39, 0.29) is 34.6 Å². The number of aliphatic imine (C=N–C) groups is 1. The third kappa shape index (κ3) is 4.19. The van der Waals surface area contributed by atoms with Gasteiger partial charge in [0.05, 0.1) is 35.8 Å². The molecule has 3 unspecified atom stereocenters. The smallest absolute Gasteiger partial charge is 0.156 e. The van der Waals surface area contributed by atoms with Gasteiger partial charge in [-0.25, -0.2) is 13.8 Å². The number of halogens is 2. The molecule has 1 fully saturated rings. The van der Waals surface area contributed by atoms with Crippen molar-refractivity contribution < 1.29 is 18.6 Å². The molecule has 3 aliphatic rings. The van der Waals surface area contributed by atoms with E-state index in [4.69, 9.17) is 15.5 Å².